The lowest BCUT2D eigenvalue weighted by atomic mass is 9.81. The second kappa shape index (κ2) is 10.0. The highest BCUT2D eigenvalue weighted by atomic mass is 32.3. The lowest BCUT2D eigenvalue weighted by Crippen LogP contribution is -2.28. The van der Waals surface area contributed by atoms with Crippen molar-refractivity contribution in [1.82, 2.24) is 5.32 Å². The van der Waals surface area contributed by atoms with Gasteiger partial charge in [-0.15, -0.1) is 0 Å². The van der Waals surface area contributed by atoms with Crippen LogP contribution >= 0.6 is 12.6 Å². The van der Waals surface area contributed by atoms with Gasteiger partial charge in [0.15, 0.2) is 0 Å². The highest BCUT2D eigenvalue weighted by molar-refractivity contribution is 7.80. The lowest BCUT2D eigenvalue weighted by Gasteiger charge is -2.27. The van der Waals surface area contributed by atoms with Crippen molar-refractivity contribution in [3.8, 4) is 0 Å². The van der Waals surface area contributed by atoms with Crippen LogP contribution in [0.1, 0.15) is 39.0 Å². The maximum absolute atomic E-state index is 8.74. The van der Waals surface area contributed by atoms with Crippen LogP contribution in [0, 0.1) is 11.8 Å². The molecule has 1 aliphatic carbocycles. The van der Waals surface area contributed by atoms with Crippen LogP contribution in [0.3, 0.4) is 0 Å². The van der Waals surface area contributed by atoms with Gasteiger partial charge in [-0.25, -0.2) is 0 Å². The molecule has 0 bridgehead atoms. The molecule has 1 aliphatic rings. The quantitative estimate of drug-likeness (QED) is 0.355. The SMILES string of the molecule is CC(CNCCS)C1CCCCC1.O=S(=O)(O)O. The number of hydrogen-bond donors (Lipinski definition) is 4. The molecule has 0 heterocycles. The predicted octanol–water partition coefficient (Wildman–Crippen LogP) is 2.07. The fraction of sp³-hybridized carbons (Fsp3) is 1.00. The Hall–Kier alpha value is 0.180. The van der Waals surface area contributed by atoms with Crippen LogP contribution in [0.25, 0.3) is 0 Å². The summed E-state index contributed by atoms with van der Waals surface area (Å²) in [4.78, 5) is 0. The first kappa shape index (κ1) is 18.2. The second-order valence-corrected chi connectivity index (χ2v) is 6.09. The summed E-state index contributed by atoms with van der Waals surface area (Å²) in [5.74, 6) is 2.80. The highest BCUT2D eigenvalue weighted by Crippen LogP contribution is 2.29. The summed E-state index contributed by atoms with van der Waals surface area (Å²) in [7, 11) is -4.67. The Bertz CT molecular complexity index is 281. The minimum atomic E-state index is -4.67. The first-order valence-corrected chi connectivity index (χ1v) is 8.39. The van der Waals surface area contributed by atoms with Crippen molar-refractivity contribution in [1.29, 1.82) is 0 Å². The summed E-state index contributed by atoms with van der Waals surface area (Å²) in [5, 5.41) is 3.46. The Labute approximate surface area is 116 Å². The molecule has 0 spiro atoms. The van der Waals surface area contributed by atoms with E-state index in [-0.39, 0.29) is 0 Å². The van der Waals surface area contributed by atoms with Gasteiger partial charge in [-0.3, -0.25) is 9.11 Å². The summed E-state index contributed by atoms with van der Waals surface area (Å²) in [6.07, 6.45) is 7.31. The summed E-state index contributed by atoms with van der Waals surface area (Å²) < 4.78 is 31.6. The molecule has 110 valence electrons. The van der Waals surface area contributed by atoms with Crippen LogP contribution in [0.2, 0.25) is 0 Å². The van der Waals surface area contributed by atoms with Gasteiger partial charge in [0.1, 0.15) is 0 Å². The molecule has 1 fully saturated rings. The number of nitrogens with one attached hydrogen (secondary N) is 1. The normalized spacial score (nSPS) is 18.9. The maximum atomic E-state index is 8.74. The van der Waals surface area contributed by atoms with E-state index in [0.717, 1.165) is 24.1 Å². The van der Waals surface area contributed by atoms with E-state index in [1.54, 1.807) is 0 Å². The average Bonchev–Trinajstić information content (AvgIpc) is 2.28. The van der Waals surface area contributed by atoms with E-state index in [1.165, 1.54) is 38.6 Å². The van der Waals surface area contributed by atoms with Crippen LogP contribution in [-0.2, 0) is 10.4 Å². The maximum Gasteiger partial charge on any atom is 0.394 e. The fourth-order valence-electron chi connectivity index (χ4n) is 2.28. The van der Waals surface area contributed by atoms with Crippen molar-refractivity contribution in [3.63, 3.8) is 0 Å². The third-order valence-corrected chi connectivity index (χ3v) is 3.43. The molecule has 0 aliphatic heterocycles. The lowest BCUT2D eigenvalue weighted by molar-refractivity contribution is 0.258. The third kappa shape index (κ3) is 12.6. The Kier molecular flexibility index (Phi) is 10.1. The highest BCUT2D eigenvalue weighted by Gasteiger charge is 2.19. The summed E-state index contributed by atoms with van der Waals surface area (Å²) in [6, 6.07) is 0. The molecule has 1 saturated carbocycles. The van der Waals surface area contributed by atoms with E-state index in [4.69, 9.17) is 17.5 Å². The predicted molar refractivity (Wildman–Crippen MR) is 76.6 cm³/mol. The van der Waals surface area contributed by atoms with E-state index in [1.807, 2.05) is 0 Å². The third-order valence-electron chi connectivity index (χ3n) is 3.21. The van der Waals surface area contributed by atoms with Gasteiger partial charge >= 0.3 is 10.4 Å². The van der Waals surface area contributed by atoms with Gasteiger partial charge in [0.25, 0.3) is 0 Å². The molecule has 3 N–H and O–H groups in total. The van der Waals surface area contributed by atoms with Gasteiger partial charge in [-0.05, 0) is 18.4 Å². The van der Waals surface area contributed by atoms with E-state index in [9.17, 15) is 0 Å². The topological polar surface area (TPSA) is 86.6 Å². The van der Waals surface area contributed by atoms with E-state index in [2.05, 4.69) is 24.9 Å². The van der Waals surface area contributed by atoms with Gasteiger partial charge < -0.3 is 5.32 Å². The average molecular weight is 299 g/mol. The molecular weight excluding hydrogens is 274 g/mol. The first-order chi connectivity index (χ1) is 8.34. The summed E-state index contributed by atoms with van der Waals surface area (Å²) in [6.45, 7) is 4.63. The van der Waals surface area contributed by atoms with Crippen LogP contribution in [0.5, 0.6) is 0 Å². The monoisotopic (exact) mass is 299 g/mol. The first-order valence-electron chi connectivity index (χ1n) is 6.36. The number of hydrogen-bond acceptors (Lipinski definition) is 4. The van der Waals surface area contributed by atoms with Gasteiger partial charge in [0, 0.05) is 12.3 Å². The zero-order valence-electron chi connectivity index (χ0n) is 10.9. The zero-order chi connectivity index (χ0) is 14.0. The van der Waals surface area contributed by atoms with Crippen molar-refractivity contribution < 1.29 is 17.5 Å². The standard InChI is InChI=1S/C11H23NS.H2O4S/c1-10(9-12-7-8-13)11-5-3-2-4-6-11;1-5(2,3)4/h10-13H,2-9H2,1H3;(H2,1,2,3,4). The van der Waals surface area contributed by atoms with Crippen molar-refractivity contribution in [2.45, 2.75) is 39.0 Å². The van der Waals surface area contributed by atoms with Crippen molar-refractivity contribution in [2.24, 2.45) is 11.8 Å². The van der Waals surface area contributed by atoms with Crippen LogP contribution in [0.4, 0.5) is 0 Å². The molecule has 1 rings (SSSR count). The smallest absolute Gasteiger partial charge is 0.316 e. The van der Waals surface area contributed by atoms with E-state index < -0.39 is 10.4 Å². The fourth-order valence-corrected chi connectivity index (χ4v) is 2.44. The molecule has 0 aromatic heterocycles. The van der Waals surface area contributed by atoms with E-state index >= 15 is 0 Å². The zero-order valence-corrected chi connectivity index (χ0v) is 12.6. The minimum absolute atomic E-state index is 0.861. The Morgan fingerprint density at radius 1 is 1.28 bits per heavy atom. The molecule has 7 heteroatoms. The van der Waals surface area contributed by atoms with Gasteiger partial charge in [-0.1, -0.05) is 39.0 Å². The second-order valence-electron chi connectivity index (χ2n) is 4.75. The summed E-state index contributed by atoms with van der Waals surface area (Å²) in [5.41, 5.74) is 0. The van der Waals surface area contributed by atoms with Gasteiger partial charge in [0.05, 0.1) is 0 Å². The Morgan fingerprint density at radius 3 is 2.22 bits per heavy atom. The van der Waals surface area contributed by atoms with E-state index in [0.29, 0.717) is 0 Å². The molecule has 0 radical (unpaired) electrons. The van der Waals surface area contributed by atoms with Crippen molar-refractivity contribution >= 4 is 23.0 Å². The molecule has 0 saturated heterocycles. The number of rotatable bonds is 5. The molecule has 0 amide bonds. The van der Waals surface area contributed by atoms with Gasteiger partial charge in [-0.2, -0.15) is 21.0 Å². The molecule has 1 unspecified atom stereocenters. The minimum Gasteiger partial charge on any atom is -0.316 e. The molecule has 1 atom stereocenters. The largest absolute Gasteiger partial charge is 0.394 e. The summed E-state index contributed by atoms with van der Waals surface area (Å²) >= 11 is 4.19. The molecule has 18 heavy (non-hydrogen) atoms. The van der Waals surface area contributed by atoms with Crippen LogP contribution in [0.15, 0.2) is 0 Å². The molecule has 5 nitrogen and oxygen atoms in total. The van der Waals surface area contributed by atoms with Crippen molar-refractivity contribution in [2.75, 3.05) is 18.8 Å². The van der Waals surface area contributed by atoms with Crippen molar-refractivity contribution in [3.05, 3.63) is 0 Å². The molecule has 0 aromatic carbocycles. The van der Waals surface area contributed by atoms with Gasteiger partial charge in [0.2, 0.25) is 0 Å². The van der Waals surface area contributed by atoms with Crippen LogP contribution < -0.4 is 5.32 Å². The Morgan fingerprint density at radius 2 is 1.78 bits per heavy atom. The Balaban J connectivity index is 0.000000494. The molecular formula is C11H25NO4S2. The number of thiol groups is 1. The van der Waals surface area contributed by atoms with Crippen LogP contribution in [-0.4, -0.2) is 36.4 Å². The molecule has 0 aromatic rings.